The third-order valence-corrected chi connectivity index (χ3v) is 6.62. The fourth-order valence-electron chi connectivity index (χ4n) is 5.01. The Hall–Kier alpha value is -3.97. The molecule has 3 unspecified atom stereocenters. The van der Waals surface area contributed by atoms with Gasteiger partial charge in [-0.2, -0.15) is 0 Å². The lowest BCUT2D eigenvalue weighted by molar-refractivity contribution is 0.279. The number of hydrogen-bond donors (Lipinski definition) is 3. The number of rotatable bonds is 5. The highest BCUT2D eigenvalue weighted by Gasteiger charge is 2.50. The number of aromatic amines is 2. The third kappa shape index (κ3) is 3.04. The van der Waals surface area contributed by atoms with Gasteiger partial charge in [0, 0.05) is 29.1 Å². The number of hydrogen-bond acceptors (Lipinski definition) is 5. The second kappa shape index (κ2) is 7.56. The molecule has 5 aromatic rings. The molecule has 1 saturated heterocycles. The number of para-hydroxylation sites is 3. The highest BCUT2D eigenvalue weighted by atomic mass is 16.5. The highest BCUT2D eigenvalue weighted by Crippen LogP contribution is 2.52. The molecule has 0 amide bonds. The van der Waals surface area contributed by atoms with E-state index in [-0.39, 0.29) is 18.1 Å². The van der Waals surface area contributed by atoms with E-state index in [1.54, 1.807) is 14.2 Å². The summed E-state index contributed by atoms with van der Waals surface area (Å²) in [6.45, 7) is 0. The summed E-state index contributed by atoms with van der Waals surface area (Å²) >= 11 is 0. The highest BCUT2D eigenvalue weighted by molar-refractivity contribution is 5.93. The van der Waals surface area contributed by atoms with Crippen molar-refractivity contribution in [1.82, 2.24) is 15.0 Å². The minimum Gasteiger partial charge on any atom is -0.497 e. The Morgan fingerprint density at radius 1 is 0.909 bits per heavy atom. The molecule has 6 rings (SSSR count). The van der Waals surface area contributed by atoms with E-state index in [0.717, 1.165) is 50.5 Å². The standard InChI is InChI=1S/C26H25N5O2/c1-32-16-11-15(12-17(13-16)33-2)23-24(26-29-20-9-5-6-10-21(20)30-26)31(25(23)27)22-14-28-19-8-4-3-7-18(19)22/h3-14,23-25,28H,27H2,1-2H3,(H,29,30). The van der Waals surface area contributed by atoms with Crippen LogP contribution in [-0.2, 0) is 0 Å². The van der Waals surface area contributed by atoms with E-state index < -0.39 is 0 Å². The van der Waals surface area contributed by atoms with Crippen LogP contribution in [0.25, 0.3) is 21.9 Å². The maximum atomic E-state index is 6.88. The van der Waals surface area contributed by atoms with E-state index in [4.69, 9.17) is 20.2 Å². The number of anilines is 1. The first-order valence-electron chi connectivity index (χ1n) is 11.0. The molecule has 7 nitrogen and oxygen atoms in total. The SMILES string of the molecule is COc1cc(OC)cc(C2C(N)N(c3c[nH]c4ccccc34)C2c2nc3ccccc3[nH]2)c1. The monoisotopic (exact) mass is 439 g/mol. The van der Waals surface area contributed by atoms with Crippen molar-refractivity contribution in [2.45, 2.75) is 18.1 Å². The van der Waals surface area contributed by atoms with Crippen LogP contribution in [-0.4, -0.2) is 35.3 Å². The van der Waals surface area contributed by atoms with Gasteiger partial charge < -0.3 is 30.1 Å². The lowest BCUT2D eigenvalue weighted by Crippen LogP contribution is -2.62. The van der Waals surface area contributed by atoms with Crippen LogP contribution < -0.4 is 20.1 Å². The zero-order valence-corrected chi connectivity index (χ0v) is 18.4. The van der Waals surface area contributed by atoms with Gasteiger partial charge >= 0.3 is 0 Å². The van der Waals surface area contributed by atoms with E-state index in [1.807, 2.05) is 60.8 Å². The molecule has 0 bridgehead atoms. The van der Waals surface area contributed by atoms with Crippen molar-refractivity contribution in [2.75, 3.05) is 19.1 Å². The first-order valence-corrected chi connectivity index (χ1v) is 11.0. The molecule has 0 aliphatic carbocycles. The van der Waals surface area contributed by atoms with Gasteiger partial charge in [0.2, 0.25) is 0 Å². The molecule has 0 spiro atoms. The van der Waals surface area contributed by atoms with Crippen molar-refractivity contribution in [1.29, 1.82) is 0 Å². The topological polar surface area (TPSA) is 92.2 Å². The maximum Gasteiger partial charge on any atom is 0.130 e. The average molecular weight is 440 g/mol. The Bertz CT molecular complexity index is 1400. The number of nitrogens with zero attached hydrogens (tertiary/aromatic N) is 2. The number of methoxy groups -OCH3 is 2. The normalized spacial score (nSPS) is 20.2. The molecule has 0 saturated carbocycles. The molecule has 3 heterocycles. The predicted molar refractivity (Wildman–Crippen MR) is 130 cm³/mol. The zero-order valence-electron chi connectivity index (χ0n) is 18.4. The molecule has 1 fully saturated rings. The van der Waals surface area contributed by atoms with Gasteiger partial charge in [-0.15, -0.1) is 0 Å². The van der Waals surface area contributed by atoms with Crippen molar-refractivity contribution >= 4 is 27.6 Å². The fraction of sp³-hybridized carbons (Fsp3) is 0.192. The van der Waals surface area contributed by atoms with Crippen LogP contribution in [0.15, 0.2) is 72.9 Å². The first kappa shape index (κ1) is 19.7. The van der Waals surface area contributed by atoms with Crippen molar-refractivity contribution in [2.24, 2.45) is 5.73 Å². The number of ether oxygens (including phenoxy) is 2. The Kier molecular flexibility index (Phi) is 4.52. The van der Waals surface area contributed by atoms with E-state index in [9.17, 15) is 0 Å². The number of aromatic nitrogens is 3. The summed E-state index contributed by atoms with van der Waals surface area (Å²) in [6.07, 6.45) is 1.78. The van der Waals surface area contributed by atoms with Crippen LogP contribution in [0.2, 0.25) is 0 Å². The molecule has 7 heteroatoms. The molecule has 33 heavy (non-hydrogen) atoms. The molecule has 1 aliphatic rings. The minimum absolute atomic E-state index is 0.0109. The molecule has 2 aromatic heterocycles. The Balaban J connectivity index is 1.51. The fourth-order valence-corrected chi connectivity index (χ4v) is 5.01. The van der Waals surface area contributed by atoms with Gasteiger partial charge in [-0.05, 0) is 35.9 Å². The number of nitrogens with one attached hydrogen (secondary N) is 2. The molecular weight excluding hydrogens is 414 g/mol. The molecule has 3 atom stereocenters. The van der Waals surface area contributed by atoms with Gasteiger partial charge in [0.1, 0.15) is 17.3 Å². The molecular formula is C26H25N5O2. The summed E-state index contributed by atoms with van der Waals surface area (Å²) in [5, 5.41) is 1.13. The molecule has 3 aromatic carbocycles. The minimum atomic E-state index is -0.251. The predicted octanol–water partition coefficient (Wildman–Crippen LogP) is 4.69. The summed E-state index contributed by atoms with van der Waals surface area (Å²) in [5.74, 6) is 2.36. The van der Waals surface area contributed by atoms with Crippen molar-refractivity contribution in [3.63, 3.8) is 0 Å². The van der Waals surface area contributed by atoms with Gasteiger partial charge in [-0.3, -0.25) is 0 Å². The molecule has 0 radical (unpaired) electrons. The van der Waals surface area contributed by atoms with Gasteiger partial charge in [-0.25, -0.2) is 4.98 Å². The summed E-state index contributed by atoms with van der Waals surface area (Å²) in [4.78, 5) is 14.1. The average Bonchev–Trinajstić information content (AvgIpc) is 3.46. The van der Waals surface area contributed by atoms with E-state index in [2.05, 4.69) is 27.0 Å². The van der Waals surface area contributed by atoms with E-state index in [1.165, 1.54) is 0 Å². The second-order valence-corrected chi connectivity index (χ2v) is 8.37. The molecule has 1 aliphatic heterocycles. The summed E-state index contributed by atoms with van der Waals surface area (Å²) < 4.78 is 11.1. The summed E-state index contributed by atoms with van der Waals surface area (Å²) in [6, 6.07) is 22.2. The maximum absolute atomic E-state index is 6.88. The lowest BCUT2D eigenvalue weighted by atomic mass is 9.78. The van der Waals surface area contributed by atoms with Crippen LogP contribution >= 0.6 is 0 Å². The zero-order chi connectivity index (χ0) is 22.5. The lowest BCUT2D eigenvalue weighted by Gasteiger charge is -2.54. The summed E-state index contributed by atoms with van der Waals surface area (Å²) in [5.41, 5.74) is 12.0. The van der Waals surface area contributed by atoms with Crippen molar-refractivity contribution in [3.05, 3.63) is 84.3 Å². The first-order chi connectivity index (χ1) is 16.2. The quantitative estimate of drug-likeness (QED) is 0.369. The largest absolute Gasteiger partial charge is 0.497 e. The van der Waals surface area contributed by atoms with Gasteiger partial charge in [-0.1, -0.05) is 30.3 Å². The van der Waals surface area contributed by atoms with Crippen LogP contribution in [0.1, 0.15) is 23.3 Å². The molecule has 166 valence electrons. The van der Waals surface area contributed by atoms with E-state index in [0.29, 0.717) is 0 Å². The number of H-pyrrole nitrogens is 2. The van der Waals surface area contributed by atoms with Crippen molar-refractivity contribution < 1.29 is 9.47 Å². The van der Waals surface area contributed by atoms with Crippen LogP contribution in [0, 0.1) is 0 Å². The second-order valence-electron chi connectivity index (χ2n) is 8.37. The van der Waals surface area contributed by atoms with Crippen molar-refractivity contribution in [3.8, 4) is 11.5 Å². The number of imidazole rings is 1. The smallest absolute Gasteiger partial charge is 0.130 e. The van der Waals surface area contributed by atoms with Gasteiger partial charge in [0.15, 0.2) is 0 Å². The number of fused-ring (bicyclic) bond motifs is 2. The van der Waals surface area contributed by atoms with Crippen LogP contribution in [0.5, 0.6) is 11.5 Å². The Morgan fingerprint density at radius 2 is 1.61 bits per heavy atom. The van der Waals surface area contributed by atoms with E-state index >= 15 is 0 Å². The Labute approximate surface area is 191 Å². The Morgan fingerprint density at radius 3 is 2.33 bits per heavy atom. The summed E-state index contributed by atoms with van der Waals surface area (Å²) in [7, 11) is 3.32. The van der Waals surface area contributed by atoms with Gasteiger partial charge in [0.05, 0.1) is 43.1 Å². The number of nitrogens with two attached hydrogens (primary N) is 1. The van der Waals surface area contributed by atoms with Crippen LogP contribution in [0.3, 0.4) is 0 Å². The third-order valence-electron chi connectivity index (χ3n) is 6.62. The molecule has 4 N–H and O–H groups in total. The van der Waals surface area contributed by atoms with Crippen LogP contribution in [0.4, 0.5) is 5.69 Å². The van der Waals surface area contributed by atoms with Gasteiger partial charge in [0.25, 0.3) is 0 Å². The number of benzene rings is 3.